The molecular weight excluding hydrogens is 258 g/mol. The fraction of sp³-hybridized carbons (Fsp3) is 0.333. The molecule has 0 bridgehead atoms. The molecule has 6 N–H and O–H groups in total. The second-order valence-electron chi connectivity index (χ2n) is 4.87. The number of nitrogen functional groups attached to an aromatic ring is 1. The average molecular weight is 287 g/mol. The highest BCUT2D eigenvalue weighted by atomic mass is 14.6. The molecule has 0 saturated heterocycles. The summed E-state index contributed by atoms with van der Waals surface area (Å²) in [4.78, 5) is 0. The molecule has 0 heterocycles. The van der Waals surface area contributed by atoms with E-state index in [1.165, 1.54) is 5.56 Å². The zero-order chi connectivity index (χ0) is 15.9. The Morgan fingerprint density at radius 2 is 1.33 bits per heavy atom. The van der Waals surface area contributed by atoms with Crippen LogP contribution in [-0.2, 0) is 6.42 Å². The van der Waals surface area contributed by atoms with Crippen LogP contribution in [0.25, 0.3) is 0 Å². The first kappa shape index (κ1) is 19.2. The smallest absolute Gasteiger partial charge is 0.0313 e. The van der Waals surface area contributed by atoms with Crippen molar-refractivity contribution in [2.75, 3.05) is 12.3 Å². The zero-order valence-corrected chi connectivity index (χ0v) is 13.2. The lowest BCUT2D eigenvalue weighted by molar-refractivity contribution is 0.738. The van der Waals surface area contributed by atoms with E-state index < -0.39 is 0 Å². The molecule has 1 unspecified atom stereocenters. The third-order valence-electron chi connectivity index (χ3n) is 2.49. The molecule has 1 atom stereocenters. The summed E-state index contributed by atoms with van der Waals surface area (Å²) >= 11 is 0. The minimum atomic E-state index is 0.266. The van der Waals surface area contributed by atoms with Crippen molar-refractivity contribution in [1.82, 2.24) is 0 Å². The van der Waals surface area contributed by atoms with Gasteiger partial charge >= 0.3 is 0 Å². The predicted octanol–water partition coefficient (Wildman–Crippen LogP) is 3.20. The third kappa shape index (κ3) is 12.9. The molecule has 0 aliphatic carbocycles. The van der Waals surface area contributed by atoms with E-state index in [0.717, 1.165) is 25.1 Å². The third-order valence-corrected chi connectivity index (χ3v) is 2.49. The Balaban J connectivity index is 0.000000317. The molecule has 0 aliphatic heterocycles. The van der Waals surface area contributed by atoms with Crippen LogP contribution in [0, 0.1) is 0 Å². The quantitative estimate of drug-likeness (QED) is 0.759. The van der Waals surface area contributed by atoms with Crippen molar-refractivity contribution >= 4 is 5.69 Å². The monoisotopic (exact) mass is 287 g/mol. The van der Waals surface area contributed by atoms with Crippen molar-refractivity contribution in [2.24, 2.45) is 11.5 Å². The van der Waals surface area contributed by atoms with Gasteiger partial charge in [-0.05, 0) is 44.0 Å². The summed E-state index contributed by atoms with van der Waals surface area (Å²) < 4.78 is 0. The lowest BCUT2D eigenvalue weighted by Gasteiger charge is -2.02. The molecular formula is C18H29N3. The van der Waals surface area contributed by atoms with Crippen molar-refractivity contribution < 1.29 is 0 Å². The molecule has 3 heteroatoms. The van der Waals surface area contributed by atoms with Crippen molar-refractivity contribution in [3.05, 3.63) is 66.2 Å². The summed E-state index contributed by atoms with van der Waals surface area (Å²) in [5.41, 5.74) is 18.1. The molecule has 0 amide bonds. The summed E-state index contributed by atoms with van der Waals surface area (Å²) in [5.74, 6) is 0. The number of benzene rings is 2. The van der Waals surface area contributed by atoms with E-state index >= 15 is 0 Å². The van der Waals surface area contributed by atoms with Crippen molar-refractivity contribution in [3.8, 4) is 0 Å². The van der Waals surface area contributed by atoms with Gasteiger partial charge in [0.2, 0.25) is 0 Å². The summed E-state index contributed by atoms with van der Waals surface area (Å²) in [6.45, 7) is 4.90. The van der Waals surface area contributed by atoms with Crippen LogP contribution < -0.4 is 17.2 Å². The highest BCUT2D eigenvalue weighted by molar-refractivity contribution is 5.35. The van der Waals surface area contributed by atoms with Crippen molar-refractivity contribution in [1.29, 1.82) is 0 Å². The minimum absolute atomic E-state index is 0.266. The molecule has 21 heavy (non-hydrogen) atoms. The van der Waals surface area contributed by atoms with Crippen LogP contribution in [-0.4, -0.2) is 12.6 Å². The van der Waals surface area contributed by atoms with Gasteiger partial charge in [0, 0.05) is 11.7 Å². The van der Waals surface area contributed by atoms with Gasteiger partial charge < -0.3 is 17.2 Å². The molecule has 0 fully saturated rings. The molecule has 0 spiro atoms. The summed E-state index contributed by atoms with van der Waals surface area (Å²) in [6.07, 6.45) is 2.07. The van der Waals surface area contributed by atoms with E-state index in [9.17, 15) is 0 Å². The Bertz CT molecular complexity index is 425. The highest BCUT2D eigenvalue weighted by Crippen LogP contribution is 2.00. The van der Waals surface area contributed by atoms with Gasteiger partial charge in [-0.3, -0.25) is 0 Å². The first-order chi connectivity index (χ1) is 10.1. The molecule has 0 aliphatic rings. The first-order valence-electron chi connectivity index (χ1n) is 7.40. The van der Waals surface area contributed by atoms with Gasteiger partial charge in [0.25, 0.3) is 0 Å². The molecule has 0 saturated carbocycles. The molecule has 2 aromatic rings. The van der Waals surface area contributed by atoms with E-state index in [1.807, 2.05) is 55.5 Å². The largest absolute Gasteiger partial charge is 0.399 e. The summed E-state index contributed by atoms with van der Waals surface area (Å²) in [5, 5.41) is 0. The van der Waals surface area contributed by atoms with Crippen LogP contribution in [0.2, 0.25) is 0 Å². The van der Waals surface area contributed by atoms with E-state index in [1.54, 1.807) is 0 Å². The number of rotatable bonds is 3. The van der Waals surface area contributed by atoms with Crippen molar-refractivity contribution in [3.63, 3.8) is 0 Å². The summed E-state index contributed by atoms with van der Waals surface area (Å²) in [7, 11) is 0. The standard InChI is InChI=1S/C9H13N.C6H7N.C3H9N/c1-8(10)7-9-5-3-2-4-6-9;7-6-4-2-1-3-5-6;1-2-3-4/h2-6,8H,7,10H2,1H3;1-5H,7H2;2-4H2,1H3. The van der Waals surface area contributed by atoms with E-state index in [0.29, 0.717) is 0 Å². The van der Waals surface area contributed by atoms with Crippen LogP contribution in [0.15, 0.2) is 60.7 Å². The van der Waals surface area contributed by atoms with E-state index in [4.69, 9.17) is 17.2 Å². The number of hydrogen-bond acceptors (Lipinski definition) is 3. The van der Waals surface area contributed by atoms with Gasteiger partial charge in [-0.25, -0.2) is 0 Å². The lowest BCUT2D eigenvalue weighted by Crippen LogP contribution is -2.17. The van der Waals surface area contributed by atoms with Crippen molar-refractivity contribution in [2.45, 2.75) is 32.7 Å². The maximum Gasteiger partial charge on any atom is 0.0313 e. The van der Waals surface area contributed by atoms with Crippen LogP contribution in [0.4, 0.5) is 5.69 Å². The van der Waals surface area contributed by atoms with Gasteiger partial charge in [0.1, 0.15) is 0 Å². The van der Waals surface area contributed by atoms with Gasteiger partial charge in [-0.2, -0.15) is 0 Å². The van der Waals surface area contributed by atoms with Gasteiger partial charge in [-0.1, -0.05) is 55.5 Å². The second-order valence-corrected chi connectivity index (χ2v) is 4.87. The number of nitrogens with two attached hydrogens (primary N) is 3. The van der Waals surface area contributed by atoms with Crippen LogP contribution in [0.3, 0.4) is 0 Å². The minimum Gasteiger partial charge on any atom is -0.399 e. The van der Waals surface area contributed by atoms with Crippen LogP contribution >= 0.6 is 0 Å². The summed E-state index contributed by atoms with van der Waals surface area (Å²) in [6, 6.07) is 20.1. The fourth-order valence-corrected chi connectivity index (χ4v) is 1.44. The highest BCUT2D eigenvalue weighted by Gasteiger charge is 1.94. The topological polar surface area (TPSA) is 78.1 Å². The van der Waals surface area contributed by atoms with Gasteiger partial charge in [0.05, 0.1) is 0 Å². The molecule has 0 radical (unpaired) electrons. The first-order valence-corrected chi connectivity index (χ1v) is 7.40. The van der Waals surface area contributed by atoms with Crippen LogP contribution in [0.5, 0.6) is 0 Å². The predicted molar refractivity (Wildman–Crippen MR) is 94.0 cm³/mol. The molecule has 3 nitrogen and oxygen atoms in total. The van der Waals surface area contributed by atoms with Crippen LogP contribution in [0.1, 0.15) is 25.8 Å². The maximum atomic E-state index is 5.62. The normalized spacial score (nSPS) is 10.5. The Kier molecular flexibility index (Phi) is 12.0. The molecule has 0 aromatic heterocycles. The average Bonchev–Trinajstić information content (AvgIpc) is 2.49. The SMILES string of the molecule is CC(N)Cc1ccccc1.CCCN.Nc1ccccc1. The maximum absolute atomic E-state index is 5.62. The fourth-order valence-electron chi connectivity index (χ4n) is 1.44. The number of hydrogen-bond donors (Lipinski definition) is 3. The van der Waals surface area contributed by atoms with Gasteiger partial charge in [0.15, 0.2) is 0 Å². The number of anilines is 1. The Labute approximate surface area is 129 Å². The zero-order valence-electron chi connectivity index (χ0n) is 13.2. The van der Waals surface area contributed by atoms with E-state index in [-0.39, 0.29) is 6.04 Å². The Morgan fingerprint density at radius 3 is 1.62 bits per heavy atom. The Hall–Kier alpha value is -1.84. The molecule has 2 rings (SSSR count). The number of para-hydroxylation sites is 1. The molecule has 116 valence electrons. The van der Waals surface area contributed by atoms with E-state index in [2.05, 4.69) is 19.1 Å². The van der Waals surface area contributed by atoms with Gasteiger partial charge in [-0.15, -0.1) is 0 Å². The lowest BCUT2D eigenvalue weighted by atomic mass is 10.1. The second kappa shape index (κ2) is 13.2. The Morgan fingerprint density at radius 1 is 0.905 bits per heavy atom. The molecule has 2 aromatic carbocycles.